The molecule has 1 unspecified atom stereocenters. The number of carboxylic acid groups (broad SMARTS) is 1. The van der Waals surface area contributed by atoms with Crippen LogP contribution in [-0.4, -0.2) is 48.1 Å². The summed E-state index contributed by atoms with van der Waals surface area (Å²) in [7, 11) is 1.00. The standard InChI is InChI=1S/C22H40NO5.CH4O.K/c24-18-15-13-11-9-7-5-3-1-2-4-6-8-10-12-14-16-21(26)23-20(17-19-25)22(27)28;1-2;/h18,20H,1-17,19H2,(H,23,26)(H,27,28);2H,1H3;/q-1;;+1. The second-order valence-corrected chi connectivity index (χ2v) is 7.61. The minimum atomic E-state index is -1.14. The number of aldehydes is 1. The van der Waals surface area contributed by atoms with Gasteiger partial charge >= 0.3 is 57.4 Å². The van der Waals surface area contributed by atoms with Gasteiger partial charge in [0.05, 0.1) is 0 Å². The molecule has 0 aliphatic rings. The van der Waals surface area contributed by atoms with Crippen LogP contribution < -0.4 is 61.8 Å². The first-order chi connectivity index (χ1) is 14.6. The van der Waals surface area contributed by atoms with E-state index in [-0.39, 0.29) is 63.7 Å². The number of hydrogen-bond acceptors (Lipinski definition) is 5. The normalized spacial score (nSPS) is 10.9. The number of aliphatic carboxylic acids is 1. The van der Waals surface area contributed by atoms with Crippen LogP contribution in [0.15, 0.2) is 0 Å². The zero-order chi connectivity index (χ0) is 22.9. The summed E-state index contributed by atoms with van der Waals surface area (Å²) in [5.41, 5.74) is 0. The maximum Gasteiger partial charge on any atom is 1.00 e. The molecule has 0 bridgehead atoms. The van der Waals surface area contributed by atoms with Gasteiger partial charge in [-0.3, -0.25) is 4.79 Å². The third kappa shape index (κ3) is 28.1. The second-order valence-electron chi connectivity index (χ2n) is 7.61. The fourth-order valence-corrected chi connectivity index (χ4v) is 3.28. The summed E-state index contributed by atoms with van der Waals surface area (Å²) >= 11 is 0. The first-order valence-electron chi connectivity index (χ1n) is 11.6. The summed E-state index contributed by atoms with van der Waals surface area (Å²) < 4.78 is 0. The van der Waals surface area contributed by atoms with Gasteiger partial charge in [-0.15, -0.1) is 6.61 Å². The van der Waals surface area contributed by atoms with Gasteiger partial charge in [-0.25, -0.2) is 4.79 Å². The molecule has 0 aliphatic carbocycles. The first-order valence-corrected chi connectivity index (χ1v) is 11.6. The molecule has 7 nitrogen and oxygen atoms in total. The molecule has 31 heavy (non-hydrogen) atoms. The van der Waals surface area contributed by atoms with E-state index in [2.05, 4.69) is 5.32 Å². The van der Waals surface area contributed by atoms with Crippen molar-refractivity contribution in [2.75, 3.05) is 13.7 Å². The molecule has 0 aliphatic heterocycles. The van der Waals surface area contributed by atoms with Crippen molar-refractivity contribution < 1.29 is 81.1 Å². The SMILES string of the molecule is CO.O=CCCCCCCCCCCCCCCCCC(=O)NC(CC[O-])C(=O)O.[K+]. The van der Waals surface area contributed by atoms with Gasteiger partial charge in [-0.05, 0) is 19.3 Å². The zero-order valence-electron chi connectivity index (χ0n) is 19.9. The van der Waals surface area contributed by atoms with Gasteiger partial charge in [0.25, 0.3) is 0 Å². The first kappa shape index (κ1) is 35.7. The van der Waals surface area contributed by atoms with Crippen LogP contribution in [0, 0.1) is 0 Å². The van der Waals surface area contributed by atoms with E-state index >= 15 is 0 Å². The average Bonchev–Trinajstić information content (AvgIpc) is 2.74. The number of amides is 1. The Morgan fingerprint density at radius 2 is 1.19 bits per heavy atom. The molecule has 0 saturated carbocycles. The molecule has 0 aromatic carbocycles. The number of carbonyl (C=O) groups is 3. The molecule has 0 aromatic rings. The van der Waals surface area contributed by atoms with Gasteiger partial charge in [0.2, 0.25) is 5.91 Å². The summed E-state index contributed by atoms with van der Waals surface area (Å²) in [5.74, 6) is -1.41. The number of nitrogens with one attached hydrogen (secondary N) is 1. The molecule has 1 atom stereocenters. The van der Waals surface area contributed by atoms with Crippen LogP contribution >= 0.6 is 0 Å². The monoisotopic (exact) mass is 469 g/mol. The number of aliphatic hydroxyl groups excluding tert-OH is 1. The van der Waals surface area contributed by atoms with Crippen LogP contribution in [-0.2, 0) is 14.4 Å². The van der Waals surface area contributed by atoms with E-state index in [9.17, 15) is 19.5 Å². The average molecular weight is 470 g/mol. The Hall–Kier alpha value is 0.166. The number of carboxylic acids is 1. The third-order valence-corrected chi connectivity index (χ3v) is 5.02. The van der Waals surface area contributed by atoms with Crippen LogP contribution in [0.1, 0.15) is 109 Å². The quantitative estimate of drug-likeness (QED) is 0.127. The summed E-state index contributed by atoms with van der Waals surface area (Å²) in [6, 6.07) is -1.05. The number of aliphatic hydroxyl groups is 1. The predicted molar refractivity (Wildman–Crippen MR) is 117 cm³/mol. The smallest absolute Gasteiger partial charge is 0.854 e. The maximum absolute atomic E-state index is 11.7. The van der Waals surface area contributed by atoms with Crippen molar-refractivity contribution in [2.24, 2.45) is 0 Å². The van der Waals surface area contributed by atoms with E-state index in [1.54, 1.807) is 0 Å². The number of hydrogen-bond donors (Lipinski definition) is 3. The Bertz CT molecular complexity index is 410. The van der Waals surface area contributed by atoms with E-state index in [1.165, 1.54) is 64.2 Å². The fourth-order valence-electron chi connectivity index (χ4n) is 3.28. The number of carbonyl (C=O) groups excluding carboxylic acids is 2. The van der Waals surface area contributed by atoms with Crippen molar-refractivity contribution in [2.45, 2.75) is 115 Å². The Morgan fingerprint density at radius 3 is 1.55 bits per heavy atom. The van der Waals surface area contributed by atoms with Crippen molar-refractivity contribution in [3.05, 3.63) is 0 Å². The third-order valence-electron chi connectivity index (χ3n) is 5.02. The van der Waals surface area contributed by atoms with Gasteiger partial charge < -0.3 is 25.4 Å². The number of unbranched alkanes of at least 4 members (excludes halogenated alkanes) is 14. The zero-order valence-corrected chi connectivity index (χ0v) is 23.0. The van der Waals surface area contributed by atoms with Gasteiger partial charge in [0.15, 0.2) is 0 Å². The van der Waals surface area contributed by atoms with E-state index in [1.807, 2.05) is 0 Å². The predicted octanol–water partition coefficient (Wildman–Crippen LogP) is 0.359. The van der Waals surface area contributed by atoms with Crippen molar-refractivity contribution >= 4 is 18.2 Å². The van der Waals surface area contributed by atoms with E-state index in [0.29, 0.717) is 12.8 Å². The van der Waals surface area contributed by atoms with Crippen molar-refractivity contribution in [3.63, 3.8) is 0 Å². The number of rotatable bonds is 21. The molecule has 0 radical (unpaired) electrons. The molecular weight excluding hydrogens is 425 g/mol. The molecule has 178 valence electrons. The maximum atomic E-state index is 11.7. The molecule has 0 saturated heterocycles. The van der Waals surface area contributed by atoms with E-state index in [4.69, 9.17) is 10.2 Å². The van der Waals surface area contributed by atoms with Crippen LogP contribution in [0.2, 0.25) is 0 Å². The summed E-state index contributed by atoms with van der Waals surface area (Å²) in [4.78, 5) is 32.8. The van der Waals surface area contributed by atoms with E-state index < -0.39 is 18.6 Å². The largest absolute Gasteiger partial charge is 1.00 e. The molecular formula is C23H44KNO6. The molecule has 0 heterocycles. The van der Waals surface area contributed by atoms with Crippen LogP contribution in [0.4, 0.5) is 0 Å². The van der Waals surface area contributed by atoms with Crippen molar-refractivity contribution in [3.8, 4) is 0 Å². The Kier molecular flexibility index (Phi) is 34.8. The van der Waals surface area contributed by atoms with Gasteiger partial charge in [0.1, 0.15) is 12.3 Å². The Labute approximate surface area is 231 Å². The van der Waals surface area contributed by atoms with Crippen molar-refractivity contribution in [1.29, 1.82) is 0 Å². The van der Waals surface area contributed by atoms with E-state index in [0.717, 1.165) is 39.1 Å². The molecule has 0 aromatic heterocycles. The molecule has 8 heteroatoms. The molecule has 3 N–H and O–H groups in total. The summed E-state index contributed by atoms with van der Waals surface area (Å²) in [6.45, 7) is -0.500. The minimum absolute atomic E-state index is 0. The van der Waals surface area contributed by atoms with Gasteiger partial charge in [-0.2, -0.15) is 0 Å². The Balaban J connectivity index is -0.00000253. The topological polar surface area (TPSA) is 127 Å². The summed E-state index contributed by atoms with van der Waals surface area (Å²) in [6.07, 6.45) is 18.5. The molecule has 0 fully saturated rings. The van der Waals surface area contributed by atoms with Gasteiger partial charge in [0, 0.05) is 20.0 Å². The fraction of sp³-hybridized carbons (Fsp3) is 0.870. The van der Waals surface area contributed by atoms with Crippen LogP contribution in [0.25, 0.3) is 0 Å². The molecule has 1 amide bonds. The van der Waals surface area contributed by atoms with Gasteiger partial charge in [-0.1, -0.05) is 77.0 Å². The Morgan fingerprint density at radius 1 is 0.806 bits per heavy atom. The summed E-state index contributed by atoms with van der Waals surface area (Å²) in [5, 5.41) is 28.8. The molecule has 0 spiro atoms. The van der Waals surface area contributed by atoms with Crippen LogP contribution in [0.3, 0.4) is 0 Å². The minimum Gasteiger partial charge on any atom is -0.854 e. The van der Waals surface area contributed by atoms with Crippen molar-refractivity contribution in [1.82, 2.24) is 5.32 Å². The second kappa shape index (κ2) is 30.2. The van der Waals surface area contributed by atoms with Crippen LogP contribution in [0.5, 0.6) is 0 Å². The molecule has 0 rings (SSSR count).